The lowest BCUT2D eigenvalue weighted by atomic mass is 10.1. The molecule has 0 aliphatic heterocycles. The second kappa shape index (κ2) is 7.76. The van der Waals surface area contributed by atoms with Crippen LogP contribution in [0, 0.1) is 5.92 Å². The molecule has 0 saturated carbocycles. The van der Waals surface area contributed by atoms with Crippen molar-refractivity contribution < 1.29 is 4.79 Å². The zero-order chi connectivity index (χ0) is 18.8. The minimum atomic E-state index is 0.0444. The van der Waals surface area contributed by atoms with Gasteiger partial charge < -0.3 is 0 Å². The summed E-state index contributed by atoms with van der Waals surface area (Å²) in [6.07, 6.45) is 3.01. The third-order valence-electron chi connectivity index (χ3n) is 4.21. The SMILES string of the molecule is CC(C)CCC(=O)N(C)c1cc(-c2ccccc2Cl)nc2c(Br)cnn12. The average molecular weight is 436 g/mol. The summed E-state index contributed by atoms with van der Waals surface area (Å²) in [4.78, 5) is 18.9. The normalized spacial score (nSPS) is 11.3. The highest BCUT2D eigenvalue weighted by atomic mass is 79.9. The van der Waals surface area contributed by atoms with Crippen LogP contribution in [0.5, 0.6) is 0 Å². The number of carbonyl (C=O) groups is 1. The predicted octanol–water partition coefficient (Wildman–Crippen LogP) is 5.21. The number of anilines is 1. The first-order valence-corrected chi connectivity index (χ1v) is 9.61. The number of amides is 1. The summed E-state index contributed by atoms with van der Waals surface area (Å²) in [6.45, 7) is 4.22. The number of hydrogen-bond acceptors (Lipinski definition) is 3. The summed E-state index contributed by atoms with van der Waals surface area (Å²) in [5.74, 6) is 1.18. The Morgan fingerprint density at radius 1 is 1.35 bits per heavy atom. The molecule has 2 aromatic heterocycles. The molecule has 0 aliphatic rings. The molecular formula is C19H20BrClN4O. The van der Waals surface area contributed by atoms with E-state index >= 15 is 0 Å². The molecule has 3 rings (SSSR count). The van der Waals surface area contributed by atoms with Crippen LogP contribution in [0.3, 0.4) is 0 Å². The molecule has 5 nitrogen and oxygen atoms in total. The first-order chi connectivity index (χ1) is 12.4. The first kappa shape index (κ1) is 18.9. The van der Waals surface area contributed by atoms with Crippen LogP contribution in [-0.4, -0.2) is 27.6 Å². The van der Waals surface area contributed by atoms with Gasteiger partial charge in [0.25, 0.3) is 0 Å². The Morgan fingerprint density at radius 2 is 2.08 bits per heavy atom. The molecule has 0 radical (unpaired) electrons. The van der Waals surface area contributed by atoms with Gasteiger partial charge in [0.2, 0.25) is 5.91 Å². The molecule has 3 aromatic rings. The summed E-state index contributed by atoms with van der Waals surface area (Å²) >= 11 is 9.83. The zero-order valence-corrected chi connectivity index (χ0v) is 17.3. The highest BCUT2D eigenvalue weighted by Gasteiger charge is 2.19. The van der Waals surface area contributed by atoms with Crippen molar-refractivity contribution in [2.45, 2.75) is 26.7 Å². The summed E-state index contributed by atoms with van der Waals surface area (Å²) in [6, 6.07) is 9.37. The monoisotopic (exact) mass is 434 g/mol. The summed E-state index contributed by atoms with van der Waals surface area (Å²) in [5, 5.41) is 4.97. The molecule has 0 saturated heterocycles. The number of fused-ring (bicyclic) bond motifs is 1. The molecule has 0 fully saturated rings. The highest BCUT2D eigenvalue weighted by molar-refractivity contribution is 9.10. The number of halogens is 2. The molecule has 0 aliphatic carbocycles. The van der Waals surface area contributed by atoms with E-state index in [9.17, 15) is 4.79 Å². The fraction of sp³-hybridized carbons (Fsp3) is 0.316. The van der Waals surface area contributed by atoms with Crippen LogP contribution in [0.1, 0.15) is 26.7 Å². The van der Waals surface area contributed by atoms with E-state index in [1.54, 1.807) is 22.7 Å². The second-order valence-corrected chi connectivity index (χ2v) is 7.85. The fourth-order valence-corrected chi connectivity index (χ4v) is 3.25. The van der Waals surface area contributed by atoms with E-state index < -0.39 is 0 Å². The molecule has 136 valence electrons. The maximum atomic E-state index is 12.6. The zero-order valence-electron chi connectivity index (χ0n) is 14.9. The number of benzene rings is 1. The topological polar surface area (TPSA) is 50.5 Å². The molecule has 7 heteroatoms. The molecule has 1 aromatic carbocycles. The Bertz CT molecular complexity index is 954. The third kappa shape index (κ3) is 3.76. The molecular weight excluding hydrogens is 416 g/mol. The van der Waals surface area contributed by atoms with Crippen LogP contribution in [0.15, 0.2) is 41.0 Å². The van der Waals surface area contributed by atoms with E-state index in [0.717, 1.165) is 16.5 Å². The van der Waals surface area contributed by atoms with Crippen molar-refractivity contribution in [2.75, 3.05) is 11.9 Å². The summed E-state index contributed by atoms with van der Waals surface area (Å²) < 4.78 is 2.42. The standard InChI is InChI=1S/C19H20BrClN4O/c1-12(2)8-9-18(26)24(3)17-10-16(13-6-4-5-7-15(13)21)23-19-14(20)11-22-25(17)19/h4-7,10-12H,8-9H2,1-3H3. The van der Waals surface area contributed by atoms with Gasteiger partial charge in [0, 0.05) is 30.1 Å². The van der Waals surface area contributed by atoms with Crippen molar-refractivity contribution in [1.82, 2.24) is 14.6 Å². The minimum Gasteiger partial charge on any atom is -0.300 e. The Hall–Kier alpha value is -1.92. The third-order valence-corrected chi connectivity index (χ3v) is 5.10. The Labute approximate surface area is 166 Å². The lowest BCUT2D eigenvalue weighted by Gasteiger charge is -2.20. The quantitative estimate of drug-likeness (QED) is 0.552. The van der Waals surface area contributed by atoms with Crippen LogP contribution in [0.4, 0.5) is 5.82 Å². The molecule has 0 bridgehead atoms. The number of aromatic nitrogens is 3. The Balaban J connectivity index is 2.09. The molecule has 0 N–H and O–H groups in total. The predicted molar refractivity (Wildman–Crippen MR) is 109 cm³/mol. The van der Waals surface area contributed by atoms with Crippen molar-refractivity contribution in [3.8, 4) is 11.3 Å². The average Bonchev–Trinajstić information content (AvgIpc) is 3.00. The maximum Gasteiger partial charge on any atom is 0.227 e. The van der Waals surface area contributed by atoms with Gasteiger partial charge in [-0.05, 0) is 34.3 Å². The molecule has 0 unspecified atom stereocenters. The van der Waals surface area contributed by atoms with Crippen LogP contribution < -0.4 is 4.90 Å². The lowest BCUT2D eigenvalue weighted by Crippen LogP contribution is -2.28. The molecule has 1 amide bonds. The fourth-order valence-electron chi connectivity index (χ4n) is 2.67. The van der Waals surface area contributed by atoms with Gasteiger partial charge in [-0.15, -0.1) is 0 Å². The van der Waals surface area contributed by atoms with Crippen molar-refractivity contribution >= 4 is 44.9 Å². The summed E-state index contributed by atoms with van der Waals surface area (Å²) in [5.41, 5.74) is 2.15. The van der Waals surface area contributed by atoms with Gasteiger partial charge in [-0.3, -0.25) is 9.69 Å². The summed E-state index contributed by atoms with van der Waals surface area (Å²) in [7, 11) is 1.77. The van der Waals surface area contributed by atoms with Crippen molar-refractivity contribution in [2.24, 2.45) is 5.92 Å². The van der Waals surface area contributed by atoms with Crippen LogP contribution >= 0.6 is 27.5 Å². The Morgan fingerprint density at radius 3 is 2.77 bits per heavy atom. The van der Waals surface area contributed by atoms with Crippen LogP contribution in [0.2, 0.25) is 5.02 Å². The van der Waals surface area contributed by atoms with Gasteiger partial charge in [0.05, 0.1) is 16.4 Å². The van der Waals surface area contributed by atoms with Crippen molar-refractivity contribution in [1.29, 1.82) is 0 Å². The maximum absolute atomic E-state index is 12.6. The highest BCUT2D eigenvalue weighted by Crippen LogP contribution is 2.31. The minimum absolute atomic E-state index is 0.0444. The molecule has 0 spiro atoms. The van der Waals surface area contributed by atoms with E-state index in [1.165, 1.54) is 0 Å². The van der Waals surface area contributed by atoms with Gasteiger partial charge in [0.15, 0.2) is 5.65 Å². The Kier molecular flexibility index (Phi) is 5.63. The molecule has 2 heterocycles. The first-order valence-electron chi connectivity index (χ1n) is 8.44. The number of rotatable bonds is 5. The van der Waals surface area contributed by atoms with E-state index in [0.29, 0.717) is 34.5 Å². The van der Waals surface area contributed by atoms with Gasteiger partial charge >= 0.3 is 0 Å². The van der Waals surface area contributed by atoms with Crippen LogP contribution in [0.25, 0.3) is 16.9 Å². The van der Waals surface area contributed by atoms with Gasteiger partial charge in [0.1, 0.15) is 5.82 Å². The smallest absolute Gasteiger partial charge is 0.227 e. The van der Waals surface area contributed by atoms with E-state index in [4.69, 9.17) is 11.6 Å². The van der Waals surface area contributed by atoms with Gasteiger partial charge in [-0.25, -0.2) is 4.98 Å². The number of nitrogens with zero attached hydrogens (tertiary/aromatic N) is 4. The van der Waals surface area contributed by atoms with Gasteiger partial charge in [-0.1, -0.05) is 43.6 Å². The second-order valence-electron chi connectivity index (χ2n) is 6.59. The van der Waals surface area contributed by atoms with E-state index in [-0.39, 0.29) is 5.91 Å². The largest absolute Gasteiger partial charge is 0.300 e. The van der Waals surface area contributed by atoms with E-state index in [1.807, 2.05) is 30.3 Å². The van der Waals surface area contributed by atoms with E-state index in [2.05, 4.69) is 39.9 Å². The van der Waals surface area contributed by atoms with Gasteiger partial charge in [-0.2, -0.15) is 9.61 Å². The van der Waals surface area contributed by atoms with Crippen molar-refractivity contribution in [3.05, 3.63) is 46.0 Å². The molecule has 0 atom stereocenters. The molecule has 26 heavy (non-hydrogen) atoms. The van der Waals surface area contributed by atoms with Crippen molar-refractivity contribution in [3.63, 3.8) is 0 Å². The number of hydrogen-bond donors (Lipinski definition) is 0. The number of carbonyl (C=O) groups excluding carboxylic acids is 1. The van der Waals surface area contributed by atoms with Crippen LogP contribution in [-0.2, 0) is 4.79 Å². The lowest BCUT2D eigenvalue weighted by molar-refractivity contribution is -0.118.